The highest BCUT2D eigenvalue weighted by Crippen LogP contribution is 2.13. The van der Waals surface area contributed by atoms with Crippen molar-refractivity contribution in [3.63, 3.8) is 0 Å². The molecule has 0 aliphatic rings. The number of guanidine groups is 1. The molecule has 0 amide bonds. The molecule has 158 valence electrons. The summed E-state index contributed by atoms with van der Waals surface area (Å²) in [6.45, 7) is 1.76. The largest absolute Gasteiger partial charge is 0.497 e. The van der Waals surface area contributed by atoms with Gasteiger partial charge >= 0.3 is 0 Å². The fourth-order valence-corrected chi connectivity index (χ4v) is 2.75. The van der Waals surface area contributed by atoms with Crippen LogP contribution >= 0.6 is 24.0 Å². The average Bonchev–Trinajstić information content (AvgIpc) is 2.79. The minimum Gasteiger partial charge on any atom is -0.497 e. The number of aliphatic imine (C=N–C) groups is 1. The molecule has 0 radical (unpaired) electrons. The highest BCUT2D eigenvalue weighted by molar-refractivity contribution is 14.0. The van der Waals surface area contributed by atoms with Crippen molar-refractivity contribution in [2.24, 2.45) is 4.99 Å². The van der Waals surface area contributed by atoms with Crippen molar-refractivity contribution in [1.29, 1.82) is 0 Å². The first kappa shape index (κ1) is 23.5. The number of pyridine rings is 1. The monoisotopic (exact) mass is 518 g/mol. The molecule has 6 nitrogen and oxygen atoms in total. The number of ether oxygens (including phenoxy) is 2. The lowest BCUT2D eigenvalue weighted by Crippen LogP contribution is -2.36. The molecule has 0 saturated heterocycles. The Balaban J connectivity index is 0.00000320. The number of halogens is 1. The van der Waals surface area contributed by atoms with Gasteiger partial charge in [0.15, 0.2) is 5.96 Å². The molecule has 3 aromatic rings. The maximum absolute atomic E-state index is 5.80. The first-order valence-electron chi connectivity index (χ1n) is 9.46. The van der Waals surface area contributed by atoms with Crippen LogP contribution in [0.4, 0.5) is 0 Å². The number of hydrogen-bond acceptors (Lipinski definition) is 4. The van der Waals surface area contributed by atoms with Crippen molar-refractivity contribution < 1.29 is 9.47 Å². The predicted octanol–water partition coefficient (Wildman–Crippen LogP) is 4.15. The Bertz CT molecular complexity index is 935. The van der Waals surface area contributed by atoms with Gasteiger partial charge in [0.1, 0.15) is 12.4 Å². The summed E-state index contributed by atoms with van der Waals surface area (Å²) in [4.78, 5) is 8.56. The van der Waals surface area contributed by atoms with Gasteiger partial charge in [-0.2, -0.15) is 0 Å². The zero-order valence-corrected chi connectivity index (χ0v) is 19.5. The molecule has 0 saturated carbocycles. The number of nitrogens with one attached hydrogen (secondary N) is 2. The van der Waals surface area contributed by atoms with Crippen LogP contribution in [0.15, 0.2) is 77.9 Å². The Morgan fingerprint density at radius 2 is 1.60 bits per heavy atom. The van der Waals surface area contributed by atoms with E-state index in [1.165, 1.54) is 0 Å². The van der Waals surface area contributed by atoms with Crippen LogP contribution in [-0.2, 0) is 19.7 Å². The SMILES string of the molecule is CN=C(NCc1cccc(OC)c1)NCc1ccnc(OCc2ccccc2)c1.I. The van der Waals surface area contributed by atoms with Crippen LogP contribution in [0.1, 0.15) is 16.7 Å². The Labute approximate surface area is 194 Å². The van der Waals surface area contributed by atoms with Gasteiger partial charge < -0.3 is 20.1 Å². The van der Waals surface area contributed by atoms with Gasteiger partial charge in [-0.1, -0.05) is 42.5 Å². The van der Waals surface area contributed by atoms with Crippen LogP contribution in [0.2, 0.25) is 0 Å². The van der Waals surface area contributed by atoms with Crippen molar-refractivity contribution in [3.8, 4) is 11.6 Å². The van der Waals surface area contributed by atoms with E-state index >= 15 is 0 Å². The Morgan fingerprint density at radius 3 is 2.30 bits per heavy atom. The Hall–Kier alpha value is -2.81. The number of rotatable bonds is 8. The maximum atomic E-state index is 5.80. The van der Waals surface area contributed by atoms with Crippen molar-refractivity contribution >= 4 is 29.9 Å². The van der Waals surface area contributed by atoms with Crippen LogP contribution in [-0.4, -0.2) is 25.1 Å². The van der Waals surface area contributed by atoms with Gasteiger partial charge in [-0.25, -0.2) is 4.98 Å². The number of aromatic nitrogens is 1. The van der Waals surface area contributed by atoms with Crippen molar-refractivity contribution in [2.45, 2.75) is 19.7 Å². The summed E-state index contributed by atoms with van der Waals surface area (Å²) in [6.07, 6.45) is 1.75. The minimum absolute atomic E-state index is 0. The van der Waals surface area contributed by atoms with E-state index in [0.29, 0.717) is 25.6 Å². The van der Waals surface area contributed by atoms with E-state index in [1.807, 2.05) is 66.7 Å². The molecule has 0 spiro atoms. The van der Waals surface area contributed by atoms with E-state index in [0.717, 1.165) is 28.4 Å². The Morgan fingerprint density at radius 1 is 0.900 bits per heavy atom. The first-order chi connectivity index (χ1) is 14.3. The van der Waals surface area contributed by atoms with Crippen LogP contribution in [0.3, 0.4) is 0 Å². The lowest BCUT2D eigenvalue weighted by atomic mass is 10.2. The number of hydrogen-bond donors (Lipinski definition) is 2. The average molecular weight is 518 g/mol. The highest BCUT2D eigenvalue weighted by atomic mass is 127. The lowest BCUT2D eigenvalue weighted by Gasteiger charge is -2.13. The van der Waals surface area contributed by atoms with Crippen LogP contribution < -0.4 is 20.1 Å². The molecular formula is C23H27IN4O2. The van der Waals surface area contributed by atoms with Crippen LogP contribution in [0, 0.1) is 0 Å². The number of benzene rings is 2. The van der Waals surface area contributed by atoms with E-state index in [1.54, 1.807) is 20.4 Å². The zero-order chi connectivity index (χ0) is 20.3. The number of methoxy groups -OCH3 is 1. The molecule has 1 aromatic heterocycles. The van der Waals surface area contributed by atoms with E-state index in [4.69, 9.17) is 9.47 Å². The Kier molecular flexibility index (Phi) is 9.93. The van der Waals surface area contributed by atoms with Crippen molar-refractivity contribution in [1.82, 2.24) is 15.6 Å². The topological polar surface area (TPSA) is 67.8 Å². The summed E-state index contributed by atoms with van der Waals surface area (Å²) in [5.41, 5.74) is 3.29. The minimum atomic E-state index is 0. The number of nitrogens with zero attached hydrogens (tertiary/aromatic N) is 2. The van der Waals surface area contributed by atoms with Crippen LogP contribution in [0.5, 0.6) is 11.6 Å². The van der Waals surface area contributed by atoms with Gasteiger partial charge in [0.2, 0.25) is 5.88 Å². The molecule has 2 aromatic carbocycles. The molecule has 0 fully saturated rings. The van der Waals surface area contributed by atoms with Crippen molar-refractivity contribution in [3.05, 3.63) is 89.6 Å². The molecule has 0 atom stereocenters. The molecule has 0 aliphatic carbocycles. The van der Waals surface area contributed by atoms with E-state index in [2.05, 4.69) is 20.6 Å². The van der Waals surface area contributed by atoms with Crippen molar-refractivity contribution in [2.75, 3.05) is 14.2 Å². The summed E-state index contributed by atoms with van der Waals surface area (Å²) in [5.74, 6) is 2.16. The molecule has 0 aliphatic heterocycles. The quantitative estimate of drug-likeness (QED) is 0.267. The molecule has 2 N–H and O–H groups in total. The molecule has 0 bridgehead atoms. The summed E-state index contributed by atoms with van der Waals surface area (Å²) in [7, 11) is 3.42. The van der Waals surface area contributed by atoms with Gasteiger partial charge in [-0.15, -0.1) is 24.0 Å². The van der Waals surface area contributed by atoms with Crippen LogP contribution in [0.25, 0.3) is 0 Å². The standard InChI is InChI=1S/C23H26N4O2.HI/c1-24-23(26-15-19-9-6-10-21(13-19)28-2)27-16-20-11-12-25-22(14-20)29-17-18-7-4-3-5-8-18;/h3-14H,15-17H2,1-2H3,(H2,24,26,27);1H. The summed E-state index contributed by atoms with van der Waals surface area (Å²) in [5, 5.41) is 6.61. The van der Waals surface area contributed by atoms with Gasteiger partial charge in [0.25, 0.3) is 0 Å². The molecule has 3 rings (SSSR count). The fourth-order valence-electron chi connectivity index (χ4n) is 2.75. The fraction of sp³-hybridized carbons (Fsp3) is 0.217. The third-order valence-electron chi connectivity index (χ3n) is 4.31. The lowest BCUT2D eigenvalue weighted by molar-refractivity contribution is 0.293. The second-order valence-corrected chi connectivity index (χ2v) is 6.41. The highest BCUT2D eigenvalue weighted by Gasteiger charge is 2.03. The van der Waals surface area contributed by atoms with E-state index < -0.39 is 0 Å². The summed E-state index contributed by atoms with van der Waals surface area (Å²) < 4.78 is 11.1. The molecule has 30 heavy (non-hydrogen) atoms. The smallest absolute Gasteiger partial charge is 0.213 e. The second kappa shape index (κ2) is 12.7. The molecule has 7 heteroatoms. The predicted molar refractivity (Wildman–Crippen MR) is 130 cm³/mol. The third kappa shape index (κ3) is 7.55. The zero-order valence-electron chi connectivity index (χ0n) is 17.2. The van der Waals surface area contributed by atoms with Gasteiger partial charge in [0.05, 0.1) is 7.11 Å². The molecule has 1 heterocycles. The maximum Gasteiger partial charge on any atom is 0.213 e. The third-order valence-corrected chi connectivity index (χ3v) is 4.31. The molecular weight excluding hydrogens is 491 g/mol. The second-order valence-electron chi connectivity index (χ2n) is 6.41. The van der Waals surface area contributed by atoms with E-state index in [-0.39, 0.29) is 24.0 Å². The first-order valence-corrected chi connectivity index (χ1v) is 9.46. The van der Waals surface area contributed by atoms with E-state index in [9.17, 15) is 0 Å². The van der Waals surface area contributed by atoms with Gasteiger partial charge in [0, 0.05) is 32.4 Å². The van der Waals surface area contributed by atoms with Gasteiger partial charge in [-0.3, -0.25) is 4.99 Å². The molecule has 0 unspecified atom stereocenters. The van der Waals surface area contributed by atoms with Gasteiger partial charge in [-0.05, 0) is 34.9 Å². The summed E-state index contributed by atoms with van der Waals surface area (Å²) in [6, 6.07) is 21.9. The normalized spacial score (nSPS) is 10.7. The summed E-state index contributed by atoms with van der Waals surface area (Å²) >= 11 is 0.